The number of aliphatic carboxylic acids is 6. The number of ether oxygens (including phenoxy) is 6. The van der Waals surface area contributed by atoms with E-state index in [0.717, 1.165) is 122 Å². The van der Waals surface area contributed by atoms with Crippen LogP contribution in [0.4, 0.5) is 0 Å². The van der Waals surface area contributed by atoms with Crippen LogP contribution in [-0.4, -0.2) is 232 Å². The Hall–Kier alpha value is -5.10. The Labute approximate surface area is 807 Å². The summed E-state index contributed by atoms with van der Waals surface area (Å²) in [4.78, 5) is 136. The van der Waals surface area contributed by atoms with Crippen molar-refractivity contribution < 1.29 is 115 Å². The smallest absolute Gasteiger partial charge is 0.329 e. The highest BCUT2D eigenvalue weighted by molar-refractivity contribution is 7.85. The SMILES string of the molecule is CC1CC2C(CC1OCC(=O)O)C1(CC2(C)C)CC(C)(C)C2CC(C3(C)C(=O)N(CCN4C(=O)C(C5CC6C(CC5OCC(=O)O)C5(CC(C)(C)C7CC(C)C(OCC(=O)O)CC75)CC6(C)C)(C5CC6C(CC5OCC(=O)O)C5(CC(C)(C)C7CC(C8(C)C(=O)N(CCCS(=O)(=O)O)C9CCCCC98)C(OCC(=O)O)CC75)CC6(C)C)C5CCCCC54)C4CCCCC43)C(OCC(=O)O)CC21. The minimum absolute atomic E-state index is 0.00485. The molecule has 3 amide bonds. The minimum atomic E-state index is -4.32. The van der Waals surface area contributed by atoms with Gasteiger partial charge in [-0.25, -0.2) is 28.8 Å². The molecule has 0 aromatic carbocycles. The van der Waals surface area contributed by atoms with Crippen LogP contribution in [0.5, 0.6) is 0 Å². The van der Waals surface area contributed by atoms with Crippen molar-refractivity contribution in [3.8, 4) is 0 Å². The van der Waals surface area contributed by atoms with Gasteiger partial charge in [-0.15, -0.1) is 0 Å². The number of rotatable bonds is 29. The van der Waals surface area contributed by atoms with E-state index in [-0.39, 0.29) is 219 Å². The number of amides is 3. The summed E-state index contributed by atoms with van der Waals surface area (Å²) in [5.41, 5.74) is -5.80. The highest BCUT2D eigenvalue weighted by Gasteiger charge is 2.80. The van der Waals surface area contributed by atoms with Gasteiger partial charge in [0.05, 0.1) is 58.6 Å². The molecule has 7 N–H and O–H groups in total. The van der Waals surface area contributed by atoms with Crippen LogP contribution in [0, 0.1) is 189 Å². The largest absolute Gasteiger partial charge is 0.480 e. The van der Waals surface area contributed by atoms with Gasteiger partial charge in [0.2, 0.25) is 17.7 Å². The van der Waals surface area contributed by atoms with Crippen molar-refractivity contribution in [1.82, 2.24) is 14.7 Å². The van der Waals surface area contributed by atoms with Crippen LogP contribution < -0.4 is 0 Å². The summed E-state index contributed by atoms with van der Waals surface area (Å²) in [5, 5.41) is 63.9. The van der Waals surface area contributed by atoms with Gasteiger partial charge in [-0.1, -0.05) is 149 Å². The fraction of sp³-hybridized carbons (Fsp3) is 0.917. The van der Waals surface area contributed by atoms with Crippen molar-refractivity contribution in [2.45, 2.75) is 365 Å². The van der Waals surface area contributed by atoms with E-state index in [1.165, 1.54) is 0 Å². The predicted molar refractivity (Wildman–Crippen MR) is 504 cm³/mol. The lowest BCUT2D eigenvalue weighted by Gasteiger charge is -2.59. The number of carboxylic acid groups (broad SMARTS) is 6. The summed E-state index contributed by atoms with van der Waals surface area (Å²) < 4.78 is 75.6. The maximum absolute atomic E-state index is 18.8. The average molecular weight is 1920 g/mol. The van der Waals surface area contributed by atoms with Gasteiger partial charge in [0.15, 0.2) is 0 Å². The van der Waals surface area contributed by atoms with Gasteiger partial charge >= 0.3 is 35.8 Å². The molecule has 0 bridgehead atoms. The van der Waals surface area contributed by atoms with E-state index in [1.807, 2.05) is 4.90 Å². The monoisotopic (exact) mass is 1920 g/mol. The van der Waals surface area contributed by atoms with E-state index in [0.29, 0.717) is 76.5 Å². The molecule has 3 saturated heterocycles. The van der Waals surface area contributed by atoms with Crippen molar-refractivity contribution in [2.75, 3.05) is 65.0 Å². The maximum atomic E-state index is 18.8. The minimum Gasteiger partial charge on any atom is -0.480 e. The average Bonchev–Trinajstić information content (AvgIpc) is 1.50. The van der Waals surface area contributed by atoms with E-state index in [4.69, 9.17) is 28.4 Å². The fourth-order valence-corrected chi connectivity index (χ4v) is 41.5. The van der Waals surface area contributed by atoms with Crippen LogP contribution in [0.2, 0.25) is 0 Å². The van der Waals surface area contributed by atoms with Crippen molar-refractivity contribution in [2.24, 2.45) is 189 Å². The molecule has 15 saturated carbocycles. The molecular weight excluding hydrogens is 1760 g/mol. The zero-order valence-corrected chi connectivity index (χ0v) is 85.4. The Morgan fingerprint density at radius 2 is 0.529 bits per heavy atom. The second-order valence-electron chi connectivity index (χ2n) is 53.6. The molecular formula is C108H167N3O24S. The quantitative estimate of drug-likeness (QED) is 0.0342. The lowest BCUT2D eigenvalue weighted by Crippen LogP contribution is -2.62. The Balaban J connectivity index is 0.730. The summed E-state index contributed by atoms with van der Waals surface area (Å²) in [6.45, 7) is 34.9. The van der Waals surface area contributed by atoms with Crippen molar-refractivity contribution in [3.05, 3.63) is 0 Å². The van der Waals surface area contributed by atoms with Gasteiger partial charge in [0, 0.05) is 49.6 Å². The third-order valence-corrected chi connectivity index (χ3v) is 45.4. The summed E-state index contributed by atoms with van der Waals surface area (Å²) >= 11 is 0. The molecule has 0 aromatic heterocycles. The summed E-state index contributed by atoms with van der Waals surface area (Å²) in [5.74, 6) is -8.40. The van der Waals surface area contributed by atoms with Gasteiger partial charge in [-0.05, 0) is 322 Å². The molecule has 18 aliphatic rings. The molecule has 36 atom stereocenters. The second-order valence-corrected chi connectivity index (χ2v) is 55.2. The molecule has 136 heavy (non-hydrogen) atoms. The normalized spacial score (nSPS) is 46.7. The molecule has 28 heteroatoms. The van der Waals surface area contributed by atoms with Gasteiger partial charge in [0.25, 0.3) is 10.1 Å². The number of likely N-dealkylation sites (tertiary alicyclic amines) is 3. The molecule has 27 nitrogen and oxygen atoms in total. The molecule has 0 aromatic rings. The Morgan fingerprint density at radius 3 is 0.824 bits per heavy atom. The van der Waals surface area contributed by atoms with Crippen LogP contribution in [0.15, 0.2) is 0 Å². The number of carboxylic acids is 6. The Bertz CT molecular complexity index is 4720. The molecule has 18 rings (SSSR count). The van der Waals surface area contributed by atoms with Gasteiger partial charge in [-0.2, -0.15) is 8.42 Å². The maximum Gasteiger partial charge on any atom is 0.329 e. The number of carbonyl (C=O) groups is 9. The molecule has 36 unspecified atom stereocenters. The fourth-order valence-electron chi connectivity index (χ4n) is 41.0. The molecule has 3 heterocycles. The number of hydrogen-bond acceptors (Lipinski definition) is 17. The van der Waals surface area contributed by atoms with Crippen LogP contribution in [-0.2, 0) is 81.7 Å². The van der Waals surface area contributed by atoms with E-state index in [9.17, 15) is 72.4 Å². The summed E-state index contributed by atoms with van der Waals surface area (Å²) in [6.07, 6.45) is 18.9. The molecule has 15 aliphatic carbocycles. The third kappa shape index (κ3) is 16.5. The standard InChI is InChI=1S/C108H167N3O24S/c1-58-34-63-69(40-82(58)130-46-88(112)113)105(52-97(63,3)4)54-99(7,8)65-37-76(85(42-71(65)105)133-49-91(118)119)104(16)61-25-18-21-28-80(61)110(95(104)125)31-32-111-81-29-22-19-26-62(81)108(96(111)126,77-38-67-73(44-86(77)134-50-92(120)121)106(56-101(67,11)12)53-98(5,6)64-35-59(2)83(41-70(64)106)131-47-89(114)115)78-39-68-74(45-87(78)135-51-93(122)123)107(57-102(68,13)14)55-100(9,10)66-36-75(84(43-72(66)107)132-48-90(116)117)103(15)60-24-17-20-27-79(60)109(94(103)124)30-23-33-136(127,128)129/h58-87H,17-57H2,1-16H3,(H,112,113)(H,114,115)(H,116,117)(H,118,119)(H,120,121)(H,122,123)(H,127,128,129). The van der Waals surface area contributed by atoms with E-state index in [1.54, 1.807) is 0 Å². The second kappa shape index (κ2) is 35.7. The lowest BCUT2D eigenvalue weighted by atomic mass is 9.46. The van der Waals surface area contributed by atoms with E-state index in [2.05, 4.69) is 121 Å². The summed E-state index contributed by atoms with van der Waals surface area (Å²) in [6, 6.07) is -0.705. The van der Waals surface area contributed by atoms with Crippen LogP contribution >= 0.6 is 0 Å². The van der Waals surface area contributed by atoms with Crippen LogP contribution in [0.25, 0.3) is 0 Å². The van der Waals surface area contributed by atoms with Crippen LogP contribution in [0.3, 0.4) is 0 Å². The van der Waals surface area contributed by atoms with Gasteiger partial charge in [0.1, 0.15) is 39.6 Å². The van der Waals surface area contributed by atoms with Crippen molar-refractivity contribution in [1.29, 1.82) is 0 Å². The van der Waals surface area contributed by atoms with E-state index < -0.39 is 154 Å². The highest BCUT2D eigenvalue weighted by atomic mass is 32.2. The lowest BCUT2D eigenvalue weighted by molar-refractivity contribution is -0.194. The molecule has 764 valence electrons. The number of hydrogen-bond donors (Lipinski definition) is 7. The first kappa shape index (κ1) is 101. The number of carbonyl (C=O) groups excluding carboxylic acids is 3. The zero-order chi connectivity index (χ0) is 98.0. The van der Waals surface area contributed by atoms with E-state index >= 15 is 14.4 Å². The first-order valence-electron chi connectivity index (χ1n) is 53.5. The number of nitrogens with zero attached hydrogens (tertiary/aromatic N) is 3. The molecule has 3 aliphatic heterocycles. The molecule has 0 radical (unpaired) electrons. The predicted octanol–water partition coefficient (Wildman–Crippen LogP) is 16.7. The van der Waals surface area contributed by atoms with Crippen molar-refractivity contribution >= 4 is 63.7 Å². The molecule has 3 spiro atoms. The number of fused-ring (bicyclic) bond motifs is 15. The first-order valence-corrected chi connectivity index (χ1v) is 55.1. The Kier molecular flexibility index (Phi) is 26.5. The van der Waals surface area contributed by atoms with Crippen molar-refractivity contribution in [3.63, 3.8) is 0 Å². The first-order chi connectivity index (χ1) is 63.6. The summed E-state index contributed by atoms with van der Waals surface area (Å²) in [7, 11) is -4.32. The highest BCUT2D eigenvalue weighted by Crippen LogP contribution is 2.83. The Morgan fingerprint density at radius 1 is 0.294 bits per heavy atom. The third-order valence-electron chi connectivity index (χ3n) is 44.6. The zero-order valence-electron chi connectivity index (χ0n) is 84.6. The van der Waals surface area contributed by atoms with Gasteiger partial charge in [-0.3, -0.25) is 18.9 Å². The van der Waals surface area contributed by atoms with Gasteiger partial charge < -0.3 is 73.8 Å². The molecule has 18 fully saturated rings. The van der Waals surface area contributed by atoms with Crippen LogP contribution in [0.1, 0.15) is 310 Å². The topological polar surface area (TPSA) is 394 Å².